The molecule has 3 rings (SSSR count). The Kier molecular flexibility index (Phi) is 8.96. The van der Waals surface area contributed by atoms with Crippen LogP contribution in [0.3, 0.4) is 0 Å². The van der Waals surface area contributed by atoms with Gasteiger partial charge in [0.1, 0.15) is 12.4 Å². The maximum Gasteiger partial charge on any atom is 0.230 e. The van der Waals surface area contributed by atoms with Crippen LogP contribution < -0.4 is 15.4 Å². The average molecular weight is 419 g/mol. The number of amides is 1. The Morgan fingerprint density at radius 1 is 1.10 bits per heavy atom. The van der Waals surface area contributed by atoms with Crippen molar-refractivity contribution >= 4 is 18.3 Å². The minimum Gasteiger partial charge on any atom is -0.489 e. The van der Waals surface area contributed by atoms with Gasteiger partial charge in [0.25, 0.3) is 0 Å². The van der Waals surface area contributed by atoms with Crippen LogP contribution in [0.15, 0.2) is 54.6 Å². The number of halogens is 1. The summed E-state index contributed by atoms with van der Waals surface area (Å²) < 4.78 is 11.4. The Labute approximate surface area is 179 Å². The van der Waals surface area contributed by atoms with Crippen LogP contribution in [-0.4, -0.2) is 38.8 Å². The lowest BCUT2D eigenvalue weighted by molar-refractivity contribution is -0.130. The number of likely N-dealkylation sites (N-methyl/N-ethyl adjacent to an activating group) is 1. The highest BCUT2D eigenvalue weighted by Crippen LogP contribution is 2.36. The molecule has 1 aliphatic heterocycles. The fraction of sp³-hybridized carbons (Fsp3) is 0.435. The number of carbonyl (C=O) groups excluding carboxylic acids is 1. The van der Waals surface area contributed by atoms with Crippen LogP contribution in [0.2, 0.25) is 0 Å². The van der Waals surface area contributed by atoms with Crippen molar-refractivity contribution < 1.29 is 14.3 Å². The number of carbonyl (C=O) groups is 1. The van der Waals surface area contributed by atoms with Gasteiger partial charge >= 0.3 is 0 Å². The molecular formula is C23H31ClN2O3. The summed E-state index contributed by atoms with van der Waals surface area (Å²) >= 11 is 0. The highest BCUT2D eigenvalue weighted by Gasteiger charge is 2.41. The van der Waals surface area contributed by atoms with Crippen molar-refractivity contribution in [1.29, 1.82) is 0 Å². The maximum absolute atomic E-state index is 13.1. The van der Waals surface area contributed by atoms with Crippen LogP contribution in [0, 0.1) is 0 Å². The van der Waals surface area contributed by atoms with E-state index in [1.165, 1.54) is 0 Å². The van der Waals surface area contributed by atoms with E-state index in [0.717, 1.165) is 16.9 Å². The van der Waals surface area contributed by atoms with Crippen molar-refractivity contribution in [1.82, 2.24) is 10.6 Å². The summed E-state index contributed by atoms with van der Waals surface area (Å²) in [5.41, 5.74) is 1.62. The summed E-state index contributed by atoms with van der Waals surface area (Å²) in [7, 11) is 1.90. The molecule has 2 aromatic rings. The number of ether oxygens (including phenoxy) is 2. The third kappa shape index (κ3) is 5.95. The molecule has 0 aromatic heterocycles. The first-order valence-electron chi connectivity index (χ1n) is 9.94. The first-order chi connectivity index (χ1) is 13.6. The number of hydrogen-bond acceptors (Lipinski definition) is 4. The van der Waals surface area contributed by atoms with Crippen molar-refractivity contribution in [2.24, 2.45) is 0 Å². The monoisotopic (exact) mass is 418 g/mol. The molecule has 1 fully saturated rings. The summed E-state index contributed by atoms with van der Waals surface area (Å²) in [6.45, 7) is 4.39. The van der Waals surface area contributed by atoms with Gasteiger partial charge in [-0.05, 0) is 50.1 Å². The van der Waals surface area contributed by atoms with Gasteiger partial charge in [-0.15, -0.1) is 12.4 Å². The van der Waals surface area contributed by atoms with E-state index in [4.69, 9.17) is 9.47 Å². The van der Waals surface area contributed by atoms with Gasteiger partial charge in [0, 0.05) is 25.8 Å². The lowest BCUT2D eigenvalue weighted by Gasteiger charge is -2.36. The molecule has 29 heavy (non-hydrogen) atoms. The first-order valence-corrected chi connectivity index (χ1v) is 9.94. The fourth-order valence-corrected chi connectivity index (χ4v) is 3.49. The minimum atomic E-state index is -0.538. The number of nitrogens with one attached hydrogen (secondary N) is 2. The highest BCUT2D eigenvalue weighted by molar-refractivity contribution is 5.88. The normalized spacial score (nSPS) is 16.3. The molecule has 1 saturated heterocycles. The number of hydrogen-bond donors (Lipinski definition) is 2. The van der Waals surface area contributed by atoms with Crippen molar-refractivity contribution in [2.75, 3.05) is 26.8 Å². The predicted molar refractivity (Wildman–Crippen MR) is 118 cm³/mol. The van der Waals surface area contributed by atoms with Gasteiger partial charge in [-0.1, -0.05) is 42.5 Å². The zero-order chi connectivity index (χ0) is 19.8. The molecule has 1 heterocycles. The number of benzene rings is 2. The van der Waals surface area contributed by atoms with Crippen LogP contribution in [-0.2, 0) is 21.6 Å². The summed E-state index contributed by atoms with van der Waals surface area (Å²) in [5.74, 6) is 0.884. The Bertz CT molecular complexity index is 746. The summed E-state index contributed by atoms with van der Waals surface area (Å²) in [6, 6.07) is 18.3. The molecular weight excluding hydrogens is 388 g/mol. The molecule has 158 valence electrons. The van der Waals surface area contributed by atoms with Gasteiger partial charge in [-0.25, -0.2) is 0 Å². The van der Waals surface area contributed by atoms with E-state index in [2.05, 4.69) is 17.6 Å². The first kappa shape index (κ1) is 23.2. The minimum absolute atomic E-state index is 0. The van der Waals surface area contributed by atoms with E-state index in [1.807, 2.05) is 61.6 Å². The molecule has 2 aromatic carbocycles. The molecule has 0 radical (unpaired) electrons. The summed E-state index contributed by atoms with van der Waals surface area (Å²) in [6.07, 6.45) is 1.38. The number of rotatable bonds is 8. The van der Waals surface area contributed by atoms with Gasteiger partial charge in [0.2, 0.25) is 5.91 Å². The molecule has 0 saturated carbocycles. The molecule has 1 atom stereocenters. The lowest BCUT2D eigenvalue weighted by atomic mass is 9.73. The molecule has 0 aliphatic carbocycles. The molecule has 1 amide bonds. The third-order valence-electron chi connectivity index (χ3n) is 5.50. The maximum atomic E-state index is 13.1. The Balaban J connectivity index is 0.00000300. The van der Waals surface area contributed by atoms with Crippen LogP contribution in [0.25, 0.3) is 0 Å². The Morgan fingerprint density at radius 3 is 2.38 bits per heavy atom. The van der Waals surface area contributed by atoms with Crippen LogP contribution >= 0.6 is 12.4 Å². The SMILES string of the molecule is CNC(C)CNC(=O)C1(c2ccc(OCc3ccccc3)cc2)CCOCC1.Cl. The standard InChI is InChI=1S/C23H30N2O3.ClH/c1-18(24-2)16-25-22(26)23(12-14-27-15-13-23)20-8-10-21(11-9-20)28-17-19-6-4-3-5-7-19;/h3-11,18,24H,12-17H2,1-2H3,(H,25,26);1H. The highest BCUT2D eigenvalue weighted by atomic mass is 35.5. The van der Waals surface area contributed by atoms with Gasteiger partial charge in [-0.2, -0.15) is 0 Å². The fourth-order valence-electron chi connectivity index (χ4n) is 3.49. The van der Waals surface area contributed by atoms with Crippen molar-refractivity contribution in [3.63, 3.8) is 0 Å². The van der Waals surface area contributed by atoms with Gasteiger partial charge in [0.15, 0.2) is 0 Å². The second-order valence-electron chi connectivity index (χ2n) is 7.39. The third-order valence-corrected chi connectivity index (χ3v) is 5.50. The molecule has 1 aliphatic rings. The second kappa shape index (κ2) is 11.2. The van der Waals surface area contributed by atoms with Crippen LogP contribution in [0.5, 0.6) is 5.75 Å². The van der Waals surface area contributed by atoms with Crippen LogP contribution in [0.1, 0.15) is 30.9 Å². The zero-order valence-corrected chi connectivity index (χ0v) is 18.0. The lowest BCUT2D eigenvalue weighted by Crippen LogP contribution is -2.50. The Hall–Kier alpha value is -2.08. The summed E-state index contributed by atoms with van der Waals surface area (Å²) in [4.78, 5) is 13.1. The van der Waals surface area contributed by atoms with Gasteiger partial charge in [-0.3, -0.25) is 4.79 Å². The van der Waals surface area contributed by atoms with E-state index in [1.54, 1.807) is 0 Å². The predicted octanol–water partition coefficient (Wildman–Crippen LogP) is 3.46. The van der Waals surface area contributed by atoms with Crippen molar-refractivity contribution in [3.8, 4) is 5.75 Å². The zero-order valence-electron chi connectivity index (χ0n) is 17.1. The molecule has 0 spiro atoms. The van der Waals surface area contributed by atoms with E-state index < -0.39 is 5.41 Å². The molecule has 6 heteroatoms. The molecule has 0 bridgehead atoms. The van der Waals surface area contributed by atoms with E-state index in [-0.39, 0.29) is 24.4 Å². The van der Waals surface area contributed by atoms with Gasteiger partial charge < -0.3 is 20.1 Å². The smallest absolute Gasteiger partial charge is 0.230 e. The van der Waals surface area contributed by atoms with Gasteiger partial charge in [0.05, 0.1) is 5.41 Å². The summed E-state index contributed by atoms with van der Waals surface area (Å²) in [5, 5.41) is 6.27. The largest absolute Gasteiger partial charge is 0.489 e. The quantitative estimate of drug-likeness (QED) is 0.689. The van der Waals surface area contributed by atoms with E-state index >= 15 is 0 Å². The topological polar surface area (TPSA) is 59.6 Å². The van der Waals surface area contributed by atoms with Crippen LogP contribution in [0.4, 0.5) is 0 Å². The van der Waals surface area contributed by atoms with E-state index in [0.29, 0.717) is 39.2 Å². The van der Waals surface area contributed by atoms with E-state index in [9.17, 15) is 4.79 Å². The molecule has 1 unspecified atom stereocenters. The second-order valence-corrected chi connectivity index (χ2v) is 7.39. The molecule has 2 N–H and O–H groups in total. The van der Waals surface area contributed by atoms with Crippen molar-refractivity contribution in [3.05, 3.63) is 65.7 Å². The average Bonchev–Trinajstić information content (AvgIpc) is 2.77. The Morgan fingerprint density at radius 2 is 1.76 bits per heavy atom. The molecule has 5 nitrogen and oxygen atoms in total. The van der Waals surface area contributed by atoms with Crippen molar-refractivity contribution in [2.45, 2.75) is 37.8 Å².